The molecule has 0 aromatic heterocycles. The Kier molecular flexibility index (Phi) is 5.75. The van der Waals surface area contributed by atoms with E-state index in [9.17, 15) is 17.6 Å². The third-order valence-corrected chi connectivity index (χ3v) is 2.67. The number of hydrogen-bond donors (Lipinski definition) is 1. The molecule has 0 aliphatic rings. The van der Waals surface area contributed by atoms with Gasteiger partial charge in [0.1, 0.15) is 5.82 Å². The first kappa shape index (κ1) is 15.9. The standard InChI is InChI=1S/C13H17F4NO/c1-3-6-18-12(8-19-2)9-4-5-10(11(14)7-9)13(15,16)17/h4-5,7,12,18H,3,6,8H2,1-2H3. The van der Waals surface area contributed by atoms with E-state index in [0.717, 1.165) is 18.6 Å². The molecule has 0 fully saturated rings. The first-order chi connectivity index (χ1) is 8.90. The molecule has 1 rings (SSSR count). The van der Waals surface area contributed by atoms with E-state index in [-0.39, 0.29) is 12.6 Å². The zero-order chi connectivity index (χ0) is 14.5. The number of benzene rings is 1. The van der Waals surface area contributed by atoms with Gasteiger partial charge in [0.25, 0.3) is 0 Å². The monoisotopic (exact) mass is 279 g/mol. The number of halogens is 4. The van der Waals surface area contributed by atoms with Crippen molar-refractivity contribution in [1.82, 2.24) is 5.32 Å². The highest BCUT2D eigenvalue weighted by Gasteiger charge is 2.34. The Morgan fingerprint density at radius 3 is 2.47 bits per heavy atom. The van der Waals surface area contributed by atoms with E-state index in [0.29, 0.717) is 12.1 Å². The van der Waals surface area contributed by atoms with Crippen LogP contribution in [0.25, 0.3) is 0 Å². The van der Waals surface area contributed by atoms with E-state index in [4.69, 9.17) is 4.74 Å². The summed E-state index contributed by atoms with van der Waals surface area (Å²) < 4.78 is 55.8. The molecule has 108 valence electrons. The molecule has 0 radical (unpaired) electrons. The quantitative estimate of drug-likeness (QED) is 0.804. The predicted molar refractivity (Wildman–Crippen MR) is 64.3 cm³/mol. The molecule has 6 heteroatoms. The lowest BCUT2D eigenvalue weighted by atomic mass is 10.0. The van der Waals surface area contributed by atoms with Gasteiger partial charge in [-0.15, -0.1) is 0 Å². The molecule has 0 heterocycles. The van der Waals surface area contributed by atoms with Crippen molar-refractivity contribution in [2.75, 3.05) is 20.3 Å². The van der Waals surface area contributed by atoms with Gasteiger partial charge in [-0.05, 0) is 30.7 Å². The van der Waals surface area contributed by atoms with Gasteiger partial charge in [-0.3, -0.25) is 0 Å². The summed E-state index contributed by atoms with van der Waals surface area (Å²) in [7, 11) is 1.49. The summed E-state index contributed by atoms with van der Waals surface area (Å²) in [5, 5.41) is 3.10. The van der Waals surface area contributed by atoms with Crippen LogP contribution in [0.1, 0.15) is 30.5 Å². The highest BCUT2D eigenvalue weighted by Crippen LogP contribution is 2.32. The third kappa shape index (κ3) is 4.47. The first-order valence-electron chi connectivity index (χ1n) is 5.99. The summed E-state index contributed by atoms with van der Waals surface area (Å²) in [5.41, 5.74) is -0.802. The van der Waals surface area contributed by atoms with Gasteiger partial charge in [-0.1, -0.05) is 13.0 Å². The molecule has 1 aromatic carbocycles. The first-order valence-corrected chi connectivity index (χ1v) is 5.99. The number of alkyl halides is 3. The molecule has 1 N–H and O–H groups in total. The van der Waals surface area contributed by atoms with Crippen LogP contribution in [0, 0.1) is 5.82 Å². The van der Waals surface area contributed by atoms with Crippen molar-refractivity contribution in [3.8, 4) is 0 Å². The summed E-state index contributed by atoms with van der Waals surface area (Å²) >= 11 is 0. The largest absolute Gasteiger partial charge is 0.419 e. The Bertz CT molecular complexity index is 406. The van der Waals surface area contributed by atoms with Gasteiger partial charge in [0.2, 0.25) is 0 Å². The molecule has 0 saturated heterocycles. The molecule has 1 atom stereocenters. The number of ether oxygens (including phenoxy) is 1. The second-order valence-corrected chi connectivity index (χ2v) is 4.20. The zero-order valence-electron chi connectivity index (χ0n) is 10.9. The molecule has 0 saturated carbocycles. The van der Waals surface area contributed by atoms with E-state index in [1.807, 2.05) is 6.92 Å². The summed E-state index contributed by atoms with van der Waals surface area (Å²) in [4.78, 5) is 0. The van der Waals surface area contributed by atoms with Crippen LogP contribution < -0.4 is 5.32 Å². The van der Waals surface area contributed by atoms with Crippen molar-refractivity contribution in [2.45, 2.75) is 25.6 Å². The highest BCUT2D eigenvalue weighted by molar-refractivity contribution is 5.28. The Labute approximate surface area is 109 Å². The third-order valence-electron chi connectivity index (χ3n) is 2.67. The number of rotatable bonds is 6. The van der Waals surface area contributed by atoms with Crippen LogP contribution in [0.2, 0.25) is 0 Å². The smallest absolute Gasteiger partial charge is 0.383 e. The van der Waals surface area contributed by atoms with Crippen molar-refractivity contribution in [2.24, 2.45) is 0 Å². The summed E-state index contributed by atoms with van der Waals surface area (Å²) in [6, 6.07) is 2.63. The van der Waals surface area contributed by atoms with Crippen molar-refractivity contribution in [3.05, 3.63) is 35.1 Å². The summed E-state index contributed by atoms with van der Waals surface area (Å²) in [6.45, 7) is 2.91. The lowest BCUT2D eigenvalue weighted by molar-refractivity contribution is -0.140. The SMILES string of the molecule is CCCNC(COC)c1ccc(C(F)(F)F)c(F)c1. The highest BCUT2D eigenvalue weighted by atomic mass is 19.4. The van der Waals surface area contributed by atoms with Crippen LogP contribution in [0.3, 0.4) is 0 Å². The van der Waals surface area contributed by atoms with E-state index < -0.39 is 17.6 Å². The van der Waals surface area contributed by atoms with Gasteiger partial charge in [-0.25, -0.2) is 4.39 Å². The van der Waals surface area contributed by atoms with Gasteiger partial charge in [-0.2, -0.15) is 13.2 Å². The van der Waals surface area contributed by atoms with E-state index in [1.54, 1.807) is 0 Å². The lowest BCUT2D eigenvalue weighted by Crippen LogP contribution is -2.26. The fourth-order valence-electron chi connectivity index (χ4n) is 1.74. The maximum atomic E-state index is 13.5. The molecule has 0 aliphatic carbocycles. The van der Waals surface area contributed by atoms with Crippen LogP contribution in [-0.2, 0) is 10.9 Å². The molecule has 0 aliphatic heterocycles. The van der Waals surface area contributed by atoms with E-state index in [1.165, 1.54) is 13.2 Å². The second kappa shape index (κ2) is 6.86. The van der Waals surface area contributed by atoms with Crippen LogP contribution in [0.5, 0.6) is 0 Å². The average molecular weight is 279 g/mol. The average Bonchev–Trinajstić information content (AvgIpc) is 2.32. The lowest BCUT2D eigenvalue weighted by Gasteiger charge is -2.19. The minimum atomic E-state index is -4.67. The van der Waals surface area contributed by atoms with Gasteiger partial charge in [0.05, 0.1) is 18.2 Å². The minimum absolute atomic E-state index is 0.269. The van der Waals surface area contributed by atoms with Crippen LogP contribution >= 0.6 is 0 Å². The maximum Gasteiger partial charge on any atom is 0.419 e. The Morgan fingerprint density at radius 2 is 2.00 bits per heavy atom. The number of nitrogens with one attached hydrogen (secondary N) is 1. The van der Waals surface area contributed by atoms with Crippen LogP contribution in [0.15, 0.2) is 18.2 Å². The molecule has 2 nitrogen and oxygen atoms in total. The molecule has 1 unspecified atom stereocenters. The van der Waals surface area contributed by atoms with Crippen molar-refractivity contribution < 1.29 is 22.3 Å². The minimum Gasteiger partial charge on any atom is -0.383 e. The summed E-state index contributed by atoms with van der Waals surface area (Å²) in [5.74, 6) is -1.26. The molecule has 0 spiro atoms. The summed E-state index contributed by atoms with van der Waals surface area (Å²) in [6.07, 6.45) is -3.81. The Hall–Kier alpha value is -1.14. The van der Waals surface area contributed by atoms with Crippen LogP contribution in [-0.4, -0.2) is 20.3 Å². The molecule has 0 bridgehead atoms. The molecule has 1 aromatic rings. The van der Waals surface area contributed by atoms with Crippen molar-refractivity contribution in [1.29, 1.82) is 0 Å². The second-order valence-electron chi connectivity index (χ2n) is 4.20. The van der Waals surface area contributed by atoms with Gasteiger partial charge < -0.3 is 10.1 Å². The Morgan fingerprint density at radius 1 is 1.32 bits per heavy atom. The van der Waals surface area contributed by atoms with Crippen molar-refractivity contribution >= 4 is 0 Å². The van der Waals surface area contributed by atoms with Crippen LogP contribution in [0.4, 0.5) is 17.6 Å². The Balaban J connectivity index is 2.96. The topological polar surface area (TPSA) is 21.3 Å². The number of methoxy groups -OCH3 is 1. The maximum absolute atomic E-state index is 13.5. The fourth-order valence-corrected chi connectivity index (χ4v) is 1.74. The zero-order valence-corrected chi connectivity index (χ0v) is 10.9. The van der Waals surface area contributed by atoms with E-state index >= 15 is 0 Å². The van der Waals surface area contributed by atoms with E-state index in [2.05, 4.69) is 5.32 Å². The molecule has 19 heavy (non-hydrogen) atoms. The van der Waals surface area contributed by atoms with Gasteiger partial charge in [0, 0.05) is 7.11 Å². The molecular weight excluding hydrogens is 262 g/mol. The van der Waals surface area contributed by atoms with Gasteiger partial charge >= 0.3 is 6.18 Å². The normalized spacial score (nSPS) is 13.6. The molecule has 0 amide bonds. The number of hydrogen-bond acceptors (Lipinski definition) is 2. The van der Waals surface area contributed by atoms with Gasteiger partial charge in [0.15, 0.2) is 0 Å². The fraction of sp³-hybridized carbons (Fsp3) is 0.538. The predicted octanol–water partition coefficient (Wildman–Crippen LogP) is 3.53. The van der Waals surface area contributed by atoms with Crippen molar-refractivity contribution in [3.63, 3.8) is 0 Å². The molecular formula is C13H17F4NO.